The van der Waals surface area contributed by atoms with Gasteiger partial charge in [0, 0.05) is 25.1 Å². The molecule has 36 heavy (non-hydrogen) atoms. The monoisotopic (exact) mass is 506 g/mol. The van der Waals surface area contributed by atoms with Crippen LogP contribution in [0.4, 0.5) is 4.79 Å². The van der Waals surface area contributed by atoms with E-state index < -0.39 is 6.09 Å². The smallest absolute Gasteiger partial charge is 0.407 e. The van der Waals surface area contributed by atoms with Crippen LogP contribution in [0.5, 0.6) is 0 Å². The SMILES string of the molecule is CCC(C)CC(=O)C[C@H](CC[C@H](Cc1ccccc1)NC(=O)OCc1cncs1)Cc1ccccc1. The van der Waals surface area contributed by atoms with Crippen LogP contribution < -0.4 is 5.32 Å². The van der Waals surface area contributed by atoms with Crippen molar-refractivity contribution < 1.29 is 14.3 Å². The van der Waals surface area contributed by atoms with E-state index in [1.54, 1.807) is 11.7 Å². The summed E-state index contributed by atoms with van der Waals surface area (Å²) >= 11 is 1.46. The quantitative estimate of drug-likeness (QED) is 0.241. The molecule has 1 amide bonds. The van der Waals surface area contributed by atoms with E-state index in [1.165, 1.54) is 16.9 Å². The van der Waals surface area contributed by atoms with Gasteiger partial charge in [-0.3, -0.25) is 9.78 Å². The maximum atomic E-state index is 12.8. The van der Waals surface area contributed by atoms with Crippen LogP contribution >= 0.6 is 11.3 Å². The molecule has 5 nitrogen and oxygen atoms in total. The van der Waals surface area contributed by atoms with Crippen molar-refractivity contribution in [2.75, 3.05) is 0 Å². The molecular weight excluding hydrogens is 468 g/mol. The Morgan fingerprint density at radius 2 is 1.61 bits per heavy atom. The number of alkyl carbamates (subject to hydrolysis) is 1. The summed E-state index contributed by atoms with van der Waals surface area (Å²) in [6.07, 6.45) is 6.73. The predicted molar refractivity (Wildman–Crippen MR) is 146 cm³/mol. The topological polar surface area (TPSA) is 68.3 Å². The Labute approximate surface area is 219 Å². The molecule has 6 heteroatoms. The van der Waals surface area contributed by atoms with Crippen molar-refractivity contribution in [2.45, 2.75) is 71.4 Å². The summed E-state index contributed by atoms with van der Waals surface area (Å²) in [5.41, 5.74) is 4.14. The number of hydrogen-bond donors (Lipinski definition) is 1. The molecule has 3 aromatic rings. The van der Waals surface area contributed by atoms with Gasteiger partial charge in [-0.05, 0) is 48.6 Å². The Kier molecular flexibility index (Phi) is 11.6. The fraction of sp³-hybridized carbons (Fsp3) is 0.433. The molecule has 1 heterocycles. The molecule has 0 fully saturated rings. The van der Waals surface area contributed by atoms with E-state index in [2.05, 4.69) is 48.4 Å². The van der Waals surface area contributed by atoms with Gasteiger partial charge in [-0.1, -0.05) is 80.9 Å². The number of amides is 1. The standard InChI is InChI=1S/C30H38N2O3S/c1-3-23(2)16-28(33)19-26(17-24-10-6-4-7-11-24)14-15-27(18-25-12-8-5-9-13-25)32-30(34)35-21-29-20-31-22-36-29/h4-13,20,22-23,26-27H,3,14-19,21H2,1-2H3,(H,32,34)/t23?,26-,27-/m1/s1. The number of nitrogens with zero attached hydrogens (tertiary/aromatic N) is 1. The minimum Gasteiger partial charge on any atom is -0.444 e. The van der Waals surface area contributed by atoms with Crippen molar-refractivity contribution in [3.8, 4) is 0 Å². The van der Waals surface area contributed by atoms with Gasteiger partial charge in [0.05, 0.1) is 10.4 Å². The molecule has 3 atom stereocenters. The average Bonchev–Trinajstić information content (AvgIpc) is 3.41. The Morgan fingerprint density at radius 1 is 0.944 bits per heavy atom. The van der Waals surface area contributed by atoms with Crippen molar-refractivity contribution in [1.29, 1.82) is 0 Å². The molecule has 0 radical (unpaired) electrons. The number of nitrogens with one attached hydrogen (secondary N) is 1. The summed E-state index contributed by atoms with van der Waals surface area (Å²) in [4.78, 5) is 30.4. The number of hydrogen-bond acceptors (Lipinski definition) is 5. The molecule has 2 aromatic carbocycles. The van der Waals surface area contributed by atoms with E-state index in [4.69, 9.17) is 4.74 Å². The summed E-state index contributed by atoms with van der Waals surface area (Å²) < 4.78 is 5.44. The number of aromatic nitrogens is 1. The Hall–Kier alpha value is -2.99. The van der Waals surface area contributed by atoms with Gasteiger partial charge in [0.25, 0.3) is 0 Å². The van der Waals surface area contributed by atoms with E-state index in [9.17, 15) is 9.59 Å². The third-order valence-corrected chi connectivity index (χ3v) is 7.31. The molecule has 0 saturated carbocycles. The third kappa shape index (κ3) is 10.3. The first-order valence-electron chi connectivity index (χ1n) is 12.9. The van der Waals surface area contributed by atoms with E-state index in [-0.39, 0.29) is 18.6 Å². The van der Waals surface area contributed by atoms with Gasteiger partial charge < -0.3 is 10.1 Å². The summed E-state index contributed by atoms with van der Waals surface area (Å²) in [5, 5.41) is 3.08. The lowest BCUT2D eigenvalue weighted by Gasteiger charge is -2.23. The van der Waals surface area contributed by atoms with Crippen molar-refractivity contribution in [3.05, 3.63) is 88.4 Å². The lowest BCUT2D eigenvalue weighted by atomic mass is 9.86. The number of ether oxygens (including phenoxy) is 1. The van der Waals surface area contributed by atoms with Gasteiger partial charge in [0.15, 0.2) is 0 Å². The largest absolute Gasteiger partial charge is 0.444 e. The highest BCUT2D eigenvalue weighted by atomic mass is 32.1. The zero-order valence-electron chi connectivity index (χ0n) is 21.4. The maximum Gasteiger partial charge on any atom is 0.407 e. The molecule has 0 aliphatic rings. The molecule has 1 aromatic heterocycles. The molecule has 0 bridgehead atoms. The summed E-state index contributed by atoms with van der Waals surface area (Å²) in [7, 11) is 0. The minimum absolute atomic E-state index is 0.0794. The number of carbonyl (C=O) groups is 2. The highest BCUT2D eigenvalue weighted by Crippen LogP contribution is 2.23. The molecule has 0 aliphatic heterocycles. The van der Waals surface area contributed by atoms with Gasteiger partial charge in [-0.2, -0.15) is 0 Å². The molecule has 0 aliphatic carbocycles. The fourth-order valence-corrected chi connectivity index (χ4v) is 4.89. The van der Waals surface area contributed by atoms with Crippen molar-refractivity contribution in [3.63, 3.8) is 0 Å². The summed E-state index contributed by atoms with van der Waals surface area (Å²) in [6.45, 7) is 4.49. The van der Waals surface area contributed by atoms with E-state index in [0.717, 1.165) is 42.5 Å². The van der Waals surface area contributed by atoms with Gasteiger partial charge in [0.1, 0.15) is 12.4 Å². The van der Waals surface area contributed by atoms with Crippen LogP contribution in [0.2, 0.25) is 0 Å². The molecule has 1 unspecified atom stereocenters. The van der Waals surface area contributed by atoms with Crippen LogP contribution in [0.15, 0.2) is 72.4 Å². The van der Waals surface area contributed by atoms with Crippen LogP contribution in [0.1, 0.15) is 62.0 Å². The second kappa shape index (κ2) is 15.2. The maximum absolute atomic E-state index is 12.8. The Bertz CT molecular complexity index is 1020. The van der Waals surface area contributed by atoms with Crippen LogP contribution in [0.25, 0.3) is 0 Å². The summed E-state index contributed by atoms with van der Waals surface area (Å²) in [5.74, 6) is 0.981. The number of rotatable bonds is 15. The second-order valence-corrected chi connectivity index (χ2v) is 10.6. The van der Waals surface area contributed by atoms with Gasteiger partial charge in [-0.25, -0.2) is 4.79 Å². The van der Waals surface area contributed by atoms with Crippen LogP contribution in [-0.2, 0) is 29.0 Å². The highest BCUT2D eigenvalue weighted by molar-refractivity contribution is 7.09. The van der Waals surface area contributed by atoms with Crippen molar-refractivity contribution in [2.24, 2.45) is 11.8 Å². The Morgan fingerprint density at radius 3 is 2.22 bits per heavy atom. The lowest BCUT2D eigenvalue weighted by molar-refractivity contribution is -0.120. The lowest BCUT2D eigenvalue weighted by Crippen LogP contribution is -2.37. The average molecular weight is 507 g/mol. The number of Topliss-reactive ketones (excluding diaryl/α,β-unsaturated/α-hetero) is 1. The first kappa shape index (κ1) is 27.6. The number of benzene rings is 2. The molecular formula is C30H38N2O3S. The molecule has 192 valence electrons. The van der Waals surface area contributed by atoms with Crippen molar-refractivity contribution >= 4 is 23.2 Å². The van der Waals surface area contributed by atoms with Gasteiger partial charge in [-0.15, -0.1) is 11.3 Å². The summed E-state index contributed by atoms with van der Waals surface area (Å²) in [6, 6.07) is 20.5. The number of carbonyl (C=O) groups excluding carboxylic acids is 2. The molecule has 0 spiro atoms. The first-order chi connectivity index (χ1) is 17.5. The van der Waals surface area contributed by atoms with E-state index >= 15 is 0 Å². The molecule has 3 rings (SSSR count). The first-order valence-corrected chi connectivity index (χ1v) is 13.8. The fourth-order valence-electron chi connectivity index (χ4n) is 4.38. The van der Waals surface area contributed by atoms with Crippen LogP contribution in [0.3, 0.4) is 0 Å². The second-order valence-electron chi connectivity index (χ2n) is 9.67. The molecule has 1 N–H and O–H groups in total. The zero-order valence-corrected chi connectivity index (χ0v) is 22.2. The van der Waals surface area contributed by atoms with E-state index in [1.807, 2.05) is 36.4 Å². The normalized spacial score (nSPS) is 13.5. The number of thiazole rings is 1. The van der Waals surface area contributed by atoms with Crippen molar-refractivity contribution in [1.82, 2.24) is 10.3 Å². The third-order valence-electron chi connectivity index (χ3n) is 6.56. The van der Waals surface area contributed by atoms with E-state index in [0.29, 0.717) is 24.5 Å². The van der Waals surface area contributed by atoms with Crippen LogP contribution in [0, 0.1) is 11.8 Å². The zero-order chi connectivity index (χ0) is 25.6. The van der Waals surface area contributed by atoms with Gasteiger partial charge in [0.2, 0.25) is 0 Å². The van der Waals surface area contributed by atoms with Crippen LogP contribution in [-0.4, -0.2) is 22.9 Å². The molecule has 0 saturated heterocycles. The highest BCUT2D eigenvalue weighted by Gasteiger charge is 2.20. The predicted octanol–water partition coefficient (Wildman–Crippen LogP) is 7.02. The Balaban J connectivity index is 1.64. The van der Waals surface area contributed by atoms with Gasteiger partial charge >= 0.3 is 6.09 Å². The minimum atomic E-state index is -0.420. The number of ketones is 1.